The maximum absolute atomic E-state index is 11.7. The van der Waals surface area contributed by atoms with Gasteiger partial charge in [-0.25, -0.2) is 0 Å². The van der Waals surface area contributed by atoms with Crippen LogP contribution in [0.1, 0.15) is 25.7 Å². The smallest absolute Gasteiger partial charge is 0.236 e. The zero-order valence-corrected chi connectivity index (χ0v) is 10.4. The number of hydrogen-bond donors (Lipinski definition) is 1. The van der Waals surface area contributed by atoms with Crippen molar-refractivity contribution in [3.63, 3.8) is 0 Å². The predicted molar refractivity (Wildman–Crippen MR) is 64.3 cm³/mol. The van der Waals surface area contributed by atoms with Gasteiger partial charge in [-0.1, -0.05) is 0 Å². The van der Waals surface area contributed by atoms with Crippen molar-refractivity contribution in [2.24, 2.45) is 0 Å². The quantitative estimate of drug-likeness (QED) is 0.730. The molecule has 1 unspecified atom stereocenters. The molecule has 1 aliphatic heterocycles. The molecular formula is C12H23N3O. The second-order valence-corrected chi connectivity index (χ2v) is 5.24. The van der Waals surface area contributed by atoms with Crippen molar-refractivity contribution in [3.8, 4) is 0 Å². The molecule has 1 saturated carbocycles. The van der Waals surface area contributed by atoms with Crippen LogP contribution in [0, 0.1) is 0 Å². The maximum Gasteiger partial charge on any atom is 0.236 e. The minimum absolute atomic E-state index is 0.227. The second-order valence-electron chi connectivity index (χ2n) is 5.24. The standard InChI is InChI=1S/C12H23N3O/c1-14(2)12(16)9-15(11-5-6-11)8-10-4-3-7-13-10/h10-11,13H,3-9H2,1-2H3. The van der Waals surface area contributed by atoms with Gasteiger partial charge >= 0.3 is 0 Å². The van der Waals surface area contributed by atoms with Crippen LogP contribution >= 0.6 is 0 Å². The Morgan fingerprint density at radius 3 is 2.56 bits per heavy atom. The third-order valence-electron chi connectivity index (χ3n) is 3.52. The number of amides is 1. The fraction of sp³-hybridized carbons (Fsp3) is 0.917. The fourth-order valence-electron chi connectivity index (χ4n) is 2.29. The highest BCUT2D eigenvalue weighted by Gasteiger charge is 2.32. The van der Waals surface area contributed by atoms with Crippen molar-refractivity contribution < 1.29 is 4.79 Å². The van der Waals surface area contributed by atoms with E-state index in [1.807, 2.05) is 14.1 Å². The Morgan fingerprint density at radius 1 is 1.31 bits per heavy atom. The lowest BCUT2D eigenvalue weighted by Gasteiger charge is -2.26. The van der Waals surface area contributed by atoms with Crippen molar-refractivity contribution in [3.05, 3.63) is 0 Å². The summed E-state index contributed by atoms with van der Waals surface area (Å²) in [7, 11) is 3.67. The Morgan fingerprint density at radius 2 is 2.06 bits per heavy atom. The highest BCUT2D eigenvalue weighted by atomic mass is 16.2. The van der Waals surface area contributed by atoms with E-state index in [2.05, 4.69) is 10.2 Å². The summed E-state index contributed by atoms with van der Waals surface area (Å²) in [6, 6.07) is 1.28. The van der Waals surface area contributed by atoms with Gasteiger partial charge in [0.2, 0.25) is 5.91 Å². The van der Waals surface area contributed by atoms with Crippen molar-refractivity contribution in [2.45, 2.75) is 37.8 Å². The fourth-order valence-corrected chi connectivity index (χ4v) is 2.29. The Balaban J connectivity index is 1.82. The van der Waals surface area contributed by atoms with Gasteiger partial charge in [-0.15, -0.1) is 0 Å². The topological polar surface area (TPSA) is 35.6 Å². The zero-order valence-electron chi connectivity index (χ0n) is 10.4. The highest BCUT2D eigenvalue weighted by molar-refractivity contribution is 5.77. The molecule has 1 heterocycles. The molecule has 1 aliphatic carbocycles. The number of nitrogens with zero attached hydrogens (tertiary/aromatic N) is 2. The predicted octanol–water partition coefficient (Wildman–Crippen LogP) is 0.291. The van der Waals surface area contributed by atoms with Gasteiger partial charge in [-0.2, -0.15) is 0 Å². The molecule has 1 amide bonds. The van der Waals surface area contributed by atoms with E-state index in [0.717, 1.165) is 13.1 Å². The first-order valence-electron chi connectivity index (χ1n) is 6.34. The molecule has 0 aromatic carbocycles. The first-order valence-corrected chi connectivity index (χ1v) is 6.34. The summed E-state index contributed by atoms with van der Waals surface area (Å²) in [5.41, 5.74) is 0. The normalized spacial score (nSPS) is 25.1. The number of likely N-dealkylation sites (N-methyl/N-ethyl adjacent to an activating group) is 1. The van der Waals surface area contributed by atoms with Crippen LogP contribution in [0.4, 0.5) is 0 Å². The average Bonchev–Trinajstić information content (AvgIpc) is 2.97. The van der Waals surface area contributed by atoms with Crippen LogP contribution in [-0.2, 0) is 4.79 Å². The third kappa shape index (κ3) is 3.19. The maximum atomic E-state index is 11.7. The van der Waals surface area contributed by atoms with Crippen molar-refractivity contribution >= 4 is 5.91 Å². The molecule has 16 heavy (non-hydrogen) atoms. The van der Waals surface area contributed by atoms with E-state index < -0.39 is 0 Å². The van der Waals surface area contributed by atoms with E-state index >= 15 is 0 Å². The van der Waals surface area contributed by atoms with Gasteiger partial charge in [-0.05, 0) is 32.2 Å². The summed E-state index contributed by atoms with van der Waals surface area (Å²) in [5.74, 6) is 0.227. The summed E-state index contributed by atoms with van der Waals surface area (Å²) >= 11 is 0. The van der Waals surface area contributed by atoms with E-state index in [4.69, 9.17) is 0 Å². The molecule has 4 heteroatoms. The van der Waals surface area contributed by atoms with Crippen LogP contribution in [0.25, 0.3) is 0 Å². The Kier molecular flexibility index (Phi) is 3.82. The van der Waals surface area contributed by atoms with E-state index in [1.54, 1.807) is 4.90 Å². The lowest BCUT2D eigenvalue weighted by Crippen LogP contribution is -2.44. The third-order valence-corrected chi connectivity index (χ3v) is 3.52. The Bertz CT molecular complexity index is 245. The summed E-state index contributed by atoms with van der Waals surface area (Å²) < 4.78 is 0. The van der Waals surface area contributed by atoms with Crippen LogP contribution < -0.4 is 5.32 Å². The molecule has 0 aromatic rings. The summed E-state index contributed by atoms with van der Waals surface area (Å²) in [5, 5.41) is 3.51. The molecule has 2 fully saturated rings. The number of hydrogen-bond acceptors (Lipinski definition) is 3. The molecule has 0 radical (unpaired) electrons. The lowest BCUT2D eigenvalue weighted by molar-refractivity contribution is -0.130. The molecule has 0 bridgehead atoms. The van der Waals surface area contributed by atoms with Gasteiger partial charge in [0, 0.05) is 32.7 Å². The zero-order chi connectivity index (χ0) is 11.5. The van der Waals surface area contributed by atoms with Crippen molar-refractivity contribution in [2.75, 3.05) is 33.7 Å². The van der Waals surface area contributed by atoms with E-state index in [1.165, 1.54) is 25.7 Å². The molecule has 2 rings (SSSR count). The van der Waals surface area contributed by atoms with Crippen molar-refractivity contribution in [1.29, 1.82) is 0 Å². The Hall–Kier alpha value is -0.610. The number of carbonyl (C=O) groups excluding carboxylic acids is 1. The van der Waals surface area contributed by atoms with E-state index in [9.17, 15) is 4.79 Å². The summed E-state index contributed by atoms with van der Waals surface area (Å²) in [6.07, 6.45) is 5.09. The second kappa shape index (κ2) is 5.15. The van der Waals surface area contributed by atoms with Crippen LogP contribution in [0.5, 0.6) is 0 Å². The Labute approximate surface area is 98.0 Å². The van der Waals surface area contributed by atoms with Gasteiger partial charge in [0.05, 0.1) is 6.54 Å². The minimum atomic E-state index is 0.227. The van der Waals surface area contributed by atoms with Crippen LogP contribution in [-0.4, -0.2) is 61.5 Å². The van der Waals surface area contributed by atoms with E-state index in [-0.39, 0.29) is 5.91 Å². The van der Waals surface area contributed by atoms with E-state index in [0.29, 0.717) is 18.6 Å². The van der Waals surface area contributed by atoms with Gasteiger partial charge in [0.25, 0.3) is 0 Å². The molecular weight excluding hydrogens is 202 g/mol. The van der Waals surface area contributed by atoms with Crippen LogP contribution in [0.3, 0.4) is 0 Å². The highest BCUT2D eigenvalue weighted by Crippen LogP contribution is 2.27. The van der Waals surface area contributed by atoms with Gasteiger partial charge in [-0.3, -0.25) is 9.69 Å². The number of nitrogens with one attached hydrogen (secondary N) is 1. The summed E-state index contributed by atoms with van der Waals surface area (Å²) in [6.45, 7) is 2.78. The first kappa shape index (κ1) is 11.9. The lowest BCUT2D eigenvalue weighted by atomic mass is 10.2. The number of rotatable bonds is 5. The number of carbonyl (C=O) groups is 1. The molecule has 2 aliphatic rings. The van der Waals surface area contributed by atoms with Gasteiger partial charge in [0.15, 0.2) is 0 Å². The molecule has 1 atom stereocenters. The monoisotopic (exact) mass is 225 g/mol. The molecule has 92 valence electrons. The average molecular weight is 225 g/mol. The first-order chi connectivity index (χ1) is 7.66. The molecule has 0 spiro atoms. The molecule has 1 N–H and O–H groups in total. The van der Waals surface area contributed by atoms with Crippen LogP contribution in [0.2, 0.25) is 0 Å². The van der Waals surface area contributed by atoms with Gasteiger partial charge < -0.3 is 10.2 Å². The SMILES string of the molecule is CN(C)C(=O)CN(CC1CCCN1)C1CC1. The van der Waals surface area contributed by atoms with Crippen molar-refractivity contribution in [1.82, 2.24) is 15.1 Å². The molecule has 4 nitrogen and oxygen atoms in total. The van der Waals surface area contributed by atoms with Gasteiger partial charge in [0.1, 0.15) is 0 Å². The molecule has 0 aromatic heterocycles. The van der Waals surface area contributed by atoms with Crippen LogP contribution in [0.15, 0.2) is 0 Å². The largest absolute Gasteiger partial charge is 0.348 e. The molecule has 1 saturated heterocycles. The minimum Gasteiger partial charge on any atom is -0.348 e. The summed E-state index contributed by atoms with van der Waals surface area (Å²) in [4.78, 5) is 15.8.